The lowest BCUT2D eigenvalue weighted by Crippen LogP contribution is -2.26. The van der Waals surface area contributed by atoms with Gasteiger partial charge in [-0.3, -0.25) is 4.79 Å². The molecule has 1 atom stereocenters. The van der Waals surface area contributed by atoms with Gasteiger partial charge >= 0.3 is 5.97 Å². The van der Waals surface area contributed by atoms with Crippen LogP contribution in [-0.2, 0) is 9.53 Å². The number of fused-ring (bicyclic) bond motifs is 1. The first kappa shape index (κ1) is 16.4. The minimum Gasteiger partial charge on any atom is -0.462 e. The van der Waals surface area contributed by atoms with Gasteiger partial charge in [-0.2, -0.15) is 0 Å². The Bertz CT molecular complexity index is 772. The number of thiazole rings is 1. The van der Waals surface area contributed by atoms with E-state index in [2.05, 4.69) is 15.6 Å². The van der Waals surface area contributed by atoms with Crippen LogP contribution in [0.25, 0.3) is 0 Å². The first-order valence-electron chi connectivity index (χ1n) is 7.85. The molecule has 6 nitrogen and oxygen atoms in total. The van der Waals surface area contributed by atoms with E-state index in [-0.39, 0.29) is 17.8 Å². The summed E-state index contributed by atoms with van der Waals surface area (Å²) in [6, 6.07) is 7.81. The van der Waals surface area contributed by atoms with Gasteiger partial charge in [0.15, 0.2) is 5.13 Å². The van der Waals surface area contributed by atoms with E-state index in [1.165, 1.54) is 11.3 Å². The Labute approximate surface area is 144 Å². The number of para-hydroxylation sites is 1. The smallest absolute Gasteiger partial charge is 0.350 e. The van der Waals surface area contributed by atoms with Gasteiger partial charge in [0, 0.05) is 24.6 Å². The highest BCUT2D eigenvalue weighted by molar-refractivity contribution is 7.17. The Morgan fingerprint density at radius 2 is 2.25 bits per heavy atom. The molecule has 2 heterocycles. The highest BCUT2D eigenvalue weighted by Gasteiger charge is 2.25. The fraction of sp³-hybridized carbons (Fsp3) is 0.353. The summed E-state index contributed by atoms with van der Waals surface area (Å²) < 4.78 is 5.03. The van der Waals surface area contributed by atoms with Gasteiger partial charge in [0.05, 0.1) is 12.3 Å². The fourth-order valence-corrected chi connectivity index (χ4v) is 3.62. The molecule has 1 aliphatic rings. The van der Waals surface area contributed by atoms with Crippen LogP contribution < -0.4 is 10.6 Å². The van der Waals surface area contributed by atoms with Crippen LogP contribution in [0.4, 0.5) is 10.8 Å². The second-order valence-electron chi connectivity index (χ2n) is 5.57. The second-order valence-corrected chi connectivity index (χ2v) is 6.57. The molecule has 1 unspecified atom stereocenters. The molecule has 0 fully saturated rings. The lowest BCUT2D eigenvalue weighted by molar-refractivity contribution is -0.116. The molecule has 1 aromatic heterocycles. The average Bonchev–Trinajstić information content (AvgIpc) is 2.93. The van der Waals surface area contributed by atoms with Crippen molar-refractivity contribution in [1.82, 2.24) is 4.98 Å². The molecule has 1 aliphatic heterocycles. The van der Waals surface area contributed by atoms with Crippen LogP contribution in [0.1, 0.15) is 40.2 Å². The number of nitrogens with one attached hydrogen (secondary N) is 2. The molecule has 1 aromatic carbocycles. The second kappa shape index (κ2) is 7.00. The third kappa shape index (κ3) is 3.41. The van der Waals surface area contributed by atoms with E-state index < -0.39 is 0 Å². The molecule has 0 spiro atoms. The van der Waals surface area contributed by atoms with Crippen LogP contribution in [0.5, 0.6) is 0 Å². The summed E-state index contributed by atoms with van der Waals surface area (Å²) in [6.07, 6.45) is 0.430. The van der Waals surface area contributed by atoms with Crippen LogP contribution in [0.2, 0.25) is 0 Å². The number of hydrogen-bond donors (Lipinski definition) is 2. The Morgan fingerprint density at radius 1 is 1.46 bits per heavy atom. The largest absolute Gasteiger partial charge is 0.462 e. The number of anilines is 2. The zero-order chi connectivity index (χ0) is 17.1. The van der Waals surface area contributed by atoms with Gasteiger partial charge < -0.3 is 15.4 Å². The van der Waals surface area contributed by atoms with Crippen LogP contribution in [0, 0.1) is 6.92 Å². The number of ether oxygens (including phenoxy) is 1. The van der Waals surface area contributed by atoms with Gasteiger partial charge in [0.1, 0.15) is 4.88 Å². The van der Waals surface area contributed by atoms with Gasteiger partial charge in [-0.1, -0.05) is 29.5 Å². The topological polar surface area (TPSA) is 80.3 Å². The molecule has 3 rings (SSSR count). The van der Waals surface area contributed by atoms with E-state index in [4.69, 9.17) is 4.74 Å². The summed E-state index contributed by atoms with van der Waals surface area (Å²) in [5, 5.41) is 6.81. The summed E-state index contributed by atoms with van der Waals surface area (Å²) in [5.41, 5.74) is 2.63. The van der Waals surface area contributed by atoms with E-state index in [0.717, 1.165) is 11.3 Å². The van der Waals surface area contributed by atoms with Crippen molar-refractivity contribution in [2.75, 3.05) is 23.8 Å². The highest BCUT2D eigenvalue weighted by Crippen LogP contribution is 2.32. The van der Waals surface area contributed by atoms with E-state index in [9.17, 15) is 9.59 Å². The highest BCUT2D eigenvalue weighted by atomic mass is 32.1. The van der Waals surface area contributed by atoms with Gasteiger partial charge in [0.25, 0.3) is 0 Å². The Kier molecular flexibility index (Phi) is 4.80. The molecule has 24 heavy (non-hydrogen) atoms. The van der Waals surface area contributed by atoms with Crippen molar-refractivity contribution in [3.05, 3.63) is 40.4 Å². The lowest BCUT2D eigenvalue weighted by Gasteiger charge is -2.25. The first-order valence-corrected chi connectivity index (χ1v) is 8.67. The molecular formula is C17H19N3O3S. The van der Waals surface area contributed by atoms with Crippen molar-refractivity contribution < 1.29 is 14.3 Å². The molecule has 0 bridgehead atoms. The number of aryl methyl sites for hydroxylation is 1. The number of nitrogens with zero attached hydrogens (tertiary/aromatic N) is 1. The van der Waals surface area contributed by atoms with Gasteiger partial charge in [-0.15, -0.1) is 0 Å². The number of carbonyl (C=O) groups excluding carboxylic acids is 2. The van der Waals surface area contributed by atoms with Crippen molar-refractivity contribution >= 4 is 34.0 Å². The average molecular weight is 345 g/mol. The van der Waals surface area contributed by atoms with E-state index >= 15 is 0 Å². The lowest BCUT2D eigenvalue weighted by atomic mass is 9.90. The standard InChI is InChI=1S/C17H19N3O3S/c1-3-23-16(22)15-10(2)19-17(24-15)18-9-11-8-14(21)20-13-7-5-4-6-12(11)13/h4-7,11H,3,8-9H2,1-2H3,(H,18,19)(H,20,21). The van der Waals surface area contributed by atoms with Crippen LogP contribution in [-0.4, -0.2) is 30.0 Å². The zero-order valence-corrected chi connectivity index (χ0v) is 14.4. The van der Waals surface area contributed by atoms with E-state index in [1.807, 2.05) is 24.3 Å². The SMILES string of the molecule is CCOC(=O)c1sc(NCC2CC(=O)Nc3ccccc32)nc1C. The molecule has 0 saturated carbocycles. The van der Waals surface area contributed by atoms with Crippen molar-refractivity contribution in [2.45, 2.75) is 26.2 Å². The van der Waals surface area contributed by atoms with Crippen LogP contribution >= 0.6 is 11.3 Å². The van der Waals surface area contributed by atoms with Crippen LogP contribution in [0.15, 0.2) is 24.3 Å². The number of carbonyl (C=O) groups is 2. The van der Waals surface area contributed by atoms with Gasteiger partial charge in [-0.25, -0.2) is 9.78 Å². The number of rotatable bonds is 5. The first-order chi connectivity index (χ1) is 11.6. The van der Waals surface area contributed by atoms with E-state index in [0.29, 0.717) is 35.3 Å². The minimum atomic E-state index is -0.345. The quantitative estimate of drug-likeness (QED) is 0.814. The Morgan fingerprint density at radius 3 is 3.04 bits per heavy atom. The molecule has 0 saturated heterocycles. The molecular weight excluding hydrogens is 326 g/mol. The summed E-state index contributed by atoms with van der Waals surface area (Å²) in [6.45, 7) is 4.49. The van der Waals surface area contributed by atoms with Crippen molar-refractivity contribution in [2.24, 2.45) is 0 Å². The maximum absolute atomic E-state index is 11.9. The van der Waals surface area contributed by atoms with Crippen molar-refractivity contribution in [3.63, 3.8) is 0 Å². The Balaban J connectivity index is 1.71. The van der Waals surface area contributed by atoms with Gasteiger partial charge in [-0.05, 0) is 25.5 Å². The number of aromatic nitrogens is 1. The third-order valence-corrected chi connectivity index (χ3v) is 4.96. The molecule has 0 aliphatic carbocycles. The van der Waals surface area contributed by atoms with Crippen molar-refractivity contribution in [3.8, 4) is 0 Å². The fourth-order valence-electron chi connectivity index (χ4n) is 2.75. The normalized spacial score (nSPS) is 16.2. The maximum Gasteiger partial charge on any atom is 0.350 e. The summed E-state index contributed by atoms with van der Waals surface area (Å²) in [5.74, 6) is -0.254. The van der Waals surface area contributed by atoms with Gasteiger partial charge in [0.2, 0.25) is 5.91 Å². The number of esters is 1. The Hall–Kier alpha value is -2.41. The van der Waals surface area contributed by atoms with Crippen LogP contribution in [0.3, 0.4) is 0 Å². The molecule has 2 N–H and O–H groups in total. The maximum atomic E-state index is 11.9. The third-order valence-electron chi connectivity index (χ3n) is 3.86. The monoisotopic (exact) mass is 345 g/mol. The number of hydrogen-bond acceptors (Lipinski definition) is 6. The zero-order valence-electron chi connectivity index (χ0n) is 13.6. The number of amides is 1. The summed E-state index contributed by atoms with van der Waals surface area (Å²) in [4.78, 5) is 28.6. The summed E-state index contributed by atoms with van der Waals surface area (Å²) in [7, 11) is 0. The number of benzene rings is 1. The summed E-state index contributed by atoms with van der Waals surface area (Å²) >= 11 is 1.28. The van der Waals surface area contributed by atoms with E-state index in [1.54, 1.807) is 13.8 Å². The molecule has 126 valence electrons. The predicted octanol–water partition coefficient (Wildman–Crippen LogP) is 3.17. The molecule has 7 heteroatoms. The molecule has 0 radical (unpaired) electrons. The predicted molar refractivity (Wildman–Crippen MR) is 93.7 cm³/mol. The molecule has 1 amide bonds. The molecule has 2 aromatic rings. The van der Waals surface area contributed by atoms with Crippen molar-refractivity contribution in [1.29, 1.82) is 0 Å². The minimum absolute atomic E-state index is 0.0167.